The number of anilines is 1. The number of halogens is 1. The predicted octanol–water partition coefficient (Wildman–Crippen LogP) is 3.66. The van der Waals surface area contributed by atoms with Crippen LogP contribution in [0.3, 0.4) is 0 Å². The Kier molecular flexibility index (Phi) is 4.88. The van der Waals surface area contributed by atoms with Crippen molar-refractivity contribution in [1.82, 2.24) is 4.90 Å². The summed E-state index contributed by atoms with van der Waals surface area (Å²) in [5.41, 5.74) is 0.623. The van der Waals surface area contributed by atoms with E-state index in [2.05, 4.69) is 35.1 Å². The minimum Gasteiger partial charge on any atom is -0.478 e. The molecule has 1 aliphatic rings. The summed E-state index contributed by atoms with van der Waals surface area (Å²) < 4.78 is 0.623. The second-order valence-electron chi connectivity index (χ2n) is 5.65. The number of carbonyl (C=O) groups is 2. The molecule has 21 heavy (non-hydrogen) atoms. The molecule has 2 N–H and O–H groups in total. The summed E-state index contributed by atoms with van der Waals surface area (Å²) >= 11 is 3.26. The maximum atomic E-state index is 12.3. The number of hydrogen-bond acceptors (Lipinski definition) is 2. The lowest BCUT2D eigenvalue weighted by molar-refractivity contribution is 0.0696. The van der Waals surface area contributed by atoms with Gasteiger partial charge in [-0.25, -0.2) is 9.59 Å². The van der Waals surface area contributed by atoms with Gasteiger partial charge in [0.2, 0.25) is 0 Å². The standard InChI is InChI=1S/C15H19BrN2O3/c1-9-3-4-18(8-10(9)2)15(21)17-13-6-11(14(19)20)5-12(16)7-13/h5-7,9-10H,3-4,8H2,1-2H3,(H,17,21)(H,19,20). The Morgan fingerprint density at radius 2 is 2.00 bits per heavy atom. The van der Waals surface area contributed by atoms with Crippen molar-refractivity contribution in [1.29, 1.82) is 0 Å². The molecule has 0 radical (unpaired) electrons. The minimum absolute atomic E-state index is 0.139. The van der Waals surface area contributed by atoms with E-state index in [0.29, 0.717) is 22.0 Å². The van der Waals surface area contributed by atoms with Crippen LogP contribution in [0.4, 0.5) is 10.5 Å². The minimum atomic E-state index is -1.02. The van der Waals surface area contributed by atoms with Crippen LogP contribution in [0.1, 0.15) is 30.6 Å². The van der Waals surface area contributed by atoms with Crippen LogP contribution in [-0.4, -0.2) is 35.1 Å². The topological polar surface area (TPSA) is 69.6 Å². The second kappa shape index (κ2) is 6.47. The van der Waals surface area contributed by atoms with Crippen LogP contribution >= 0.6 is 15.9 Å². The van der Waals surface area contributed by atoms with Gasteiger partial charge in [-0.05, 0) is 36.5 Å². The Morgan fingerprint density at radius 3 is 2.62 bits per heavy atom. The van der Waals surface area contributed by atoms with Crippen LogP contribution in [0.25, 0.3) is 0 Å². The van der Waals surface area contributed by atoms with Gasteiger partial charge >= 0.3 is 12.0 Å². The highest BCUT2D eigenvalue weighted by Crippen LogP contribution is 2.24. The first kappa shape index (κ1) is 15.8. The fraction of sp³-hybridized carbons (Fsp3) is 0.467. The summed E-state index contributed by atoms with van der Waals surface area (Å²) in [6.07, 6.45) is 0.993. The van der Waals surface area contributed by atoms with Crippen molar-refractivity contribution >= 4 is 33.6 Å². The molecule has 1 aromatic carbocycles. The summed E-state index contributed by atoms with van der Waals surface area (Å²) in [5.74, 6) is 0.0762. The van der Waals surface area contributed by atoms with E-state index in [1.54, 1.807) is 11.0 Å². The van der Waals surface area contributed by atoms with Gasteiger partial charge in [0, 0.05) is 23.2 Å². The van der Waals surface area contributed by atoms with Crippen LogP contribution in [-0.2, 0) is 0 Å². The normalized spacial score (nSPS) is 22.0. The van der Waals surface area contributed by atoms with Crippen LogP contribution < -0.4 is 5.32 Å². The quantitative estimate of drug-likeness (QED) is 0.851. The molecule has 1 fully saturated rings. The van der Waals surface area contributed by atoms with Gasteiger partial charge in [-0.1, -0.05) is 29.8 Å². The van der Waals surface area contributed by atoms with Gasteiger partial charge in [0.25, 0.3) is 0 Å². The molecular weight excluding hydrogens is 336 g/mol. The Labute approximate surface area is 132 Å². The average Bonchev–Trinajstić information content (AvgIpc) is 2.41. The Bertz CT molecular complexity index is 562. The summed E-state index contributed by atoms with van der Waals surface area (Å²) in [5, 5.41) is 11.8. The highest BCUT2D eigenvalue weighted by molar-refractivity contribution is 9.10. The van der Waals surface area contributed by atoms with Crippen molar-refractivity contribution in [2.24, 2.45) is 11.8 Å². The molecule has 2 rings (SSSR count). The molecule has 1 aromatic rings. The van der Waals surface area contributed by atoms with Crippen LogP contribution in [0, 0.1) is 11.8 Å². The van der Waals surface area contributed by atoms with E-state index in [4.69, 9.17) is 5.11 Å². The fourth-order valence-electron chi connectivity index (χ4n) is 2.44. The van der Waals surface area contributed by atoms with Gasteiger partial charge in [-0.15, -0.1) is 0 Å². The number of benzene rings is 1. The first-order valence-electron chi connectivity index (χ1n) is 6.96. The van der Waals surface area contributed by atoms with Crippen molar-refractivity contribution in [3.63, 3.8) is 0 Å². The van der Waals surface area contributed by atoms with Crippen molar-refractivity contribution < 1.29 is 14.7 Å². The van der Waals surface area contributed by atoms with Crippen LogP contribution in [0.15, 0.2) is 22.7 Å². The lowest BCUT2D eigenvalue weighted by atomic mass is 9.89. The molecule has 0 aliphatic carbocycles. The van der Waals surface area contributed by atoms with Gasteiger partial charge in [0.05, 0.1) is 5.56 Å². The summed E-state index contributed by atoms with van der Waals surface area (Å²) in [4.78, 5) is 25.1. The number of hydrogen-bond donors (Lipinski definition) is 2. The molecule has 0 aromatic heterocycles. The Hall–Kier alpha value is -1.56. The maximum Gasteiger partial charge on any atom is 0.335 e. The van der Waals surface area contributed by atoms with Gasteiger partial charge in [0.15, 0.2) is 0 Å². The fourth-order valence-corrected chi connectivity index (χ4v) is 2.93. The monoisotopic (exact) mass is 354 g/mol. The number of likely N-dealkylation sites (tertiary alicyclic amines) is 1. The van der Waals surface area contributed by atoms with E-state index in [9.17, 15) is 9.59 Å². The number of urea groups is 1. The number of piperidine rings is 1. The number of carbonyl (C=O) groups excluding carboxylic acids is 1. The smallest absolute Gasteiger partial charge is 0.335 e. The van der Waals surface area contributed by atoms with Crippen LogP contribution in [0.5, 0.6) is 0 Å². The lowest BCUT2D eigenvalue weighted by Crippen LogP contribution is -2.44. The van der Waals surface area contributed by atoms with E-state index in [1.165, 1.54) is 12.1 Å². The third kappa shape index (κ3) is 3.97. The van der Waals surface area contributed by atoms with E-state index in [0.717, 1.165) is 19.5 Å². The zero-order chi connectivity index (χ0) is 15.6. The third-order valence-corrected chi connectivity index (χ3v) is 4.48. The number of rotatable bonds is 2. The van der Waals surface area contributed by atoms with E-state index in [-0.39, 0.29) is 11.6 Å². The highest BCUT2D eigenvalue weighted by Gasteiger charge is 2.26. The molecule has 5 nitrogen and oxygen atoms in total. The molecular formula is C15H19BrN2O3. The van der Waals surface area contributed by atoms with Crippen molar-refractivity contribution in [3.8, 4) is 0 Å². The first-order chi connectivity index (χ1) is 9.86. The van der Waals surface area contributed by atoms with Gasteiger partial charge in [-0.2, -0.15) is 0 Å². The Morgan fingerprint density at radius 1 is 1.29 bits per heavy atom. The highest BCUT2D eigenvalue weighted by atomic mass is 79.9. The number of amides is 2. The first-order valence-corrected chi connectivity index (χ1v) is 7.76. The predicted molar refractivity (Wildman–Crippen MR) is 84.6 cm³/mol. The maximum absolute atomic E-state index is 12.3. The molecule has 1 saturated heterocycles. The van der Waals surface area contributed by atoms with Crippen molar-refractivity contribution in [2.45, 2.75) is 20.3 Å². The molecule has 2 unspecified atom stereocenters. The number of carboxylic acid groups (broad SMARTS) is 1. The molecule has 1 heterocycles. The Balaban J connectivity index is 2.07. The largest absolute Gasteiger partial charge is 0.478 e. The zero-order valence-electron chi connectivity index (χ0n) is 12.1. The second-order valence-corrected chi connectivity index (χ2v) is 6.57. The lowest BCUT2D eigenvalue weighted by Gasteiger charge is -2.35. The summed E-state index contributed by atoms with van der Waals surface area (Å²) in [6, 6.07) is 4.48. The van der Waals surface area contributed by atoms with E-state index < -0.39 is 5.97 Å². The molecule has 0 spiro atoms. The molecule has 0 bridgehead atoms. The number of carboxylic acids is 1. The van der Waals surface area contributed by atoms with Gasteiger partial charge in [0.1, 0.15) is 0 Å². The van der Waals surface area contributed by atoms with Gasteiger partial charge in [-0.3, -0.25) is 0 Å². The molecule has 2 amide bonds. The number of nitrogens with zero attached hydrogens (tertiary/aromatic N) is 1. The average molecular weight is 355 g/mol. The molecule has 2 atom stereocenters. The molecule has 114 valence electrons. The SMILES string of the molecule is CC1CCN(C(=O)Nc2cc(Br)cc(C(=O)O)c2)CC1C. The zero-order valence-corrected chi connectivity index (χ0v) is 13.7. The number of nitrogens with one attached hydrogen (secondary N) is 1. The van der Waals surface area contributed by atoms with Crippen molar-refractivity contribution in [2.75, 3.05) is 18.4 Å². The van der Waals surface area contributed by atoms with Gasteiger partial charge < -0.3 is 15.3 Å². The van der Waals surface area contributed by atoms with E-state index >= 15 is 0 Å². The van der Waals surface area contributed by atoms with E-state index in [1.807, 2.05) is 0 Å². The van der Waals surface area contributed by atoms with Crippen molar-refractivity contribution in [3.05, 3.63) is 28.2 Å². The molecule has 0 saturated carbocycles. The number of aromatic carboxylic acids is 1. The van der Waals surface area contributed by atoms with Crippen LogP contribution in [0.2, 0.25) is 0 Å². The third-order valence-electron chi connectivity index (χ3n) is 4.02. The summed E-state index contributed by atoms with van der Waals surface area (Å²) in [7, 11) is 0. The molecule has 1 aliphatic heterocycles. The molecule has 6 heteroatoms. The summed E-state index contributed by atoms with van der Waals surface area (Å²) in [6.45, 7) is 5.81.